The molecule has 1 saturated heterocycles. The van der Waals surface area contributed by atoms with Crippen LogP contribution < -0.4 is 5.32 Å². The fourth-order valence-corrected chi connectivity index (χ4v) is 3.81. The molecule has 116 valence electrons. The van der Waals surface area contributed by atoms with Crippen molar-refractivity contribution in [1.29, 1.82) is 0 Å². The van der Waals surface area contributed by atoms with Gasteiger partial charge in [0.05, 0.1) is 12.2 Å². The number of hydrogen-bond donors (Lipinski definition) is 1. The summed E-state index contributed by atoms with van der Waals surface area (Å²) in [6, 6.07) is 0.518. The van der Waals surface area contributed by atoms with E-state index in [2.05, 4.69) is 37.9 Å². The van der Waals surface area contributed by atoms with Gasteiger partial charge < -0.3 is 4.90 Å². The Bertz CT molecular complexity index is 331. The van der Waals surface area contributed by atoms with Crippen molar-refractivity contribution in [2.24, 2.45) is 11.8 Å². The molecule has 2 aliphatic rings. The predicted molar refractivity (Wildman–Crippen MR) is 83.3 cm³/mol. The van der Waals surface area contributed by atoms with Crippen LogP contribution in [0.4, 0.5) is 0 Å². The van der Waals surface area contributed by atoms with E-state index in [1.54, 1.807) is 0 Å². The minimum atomic E-state index is 0.0469. The second-order valence-electron chi connectivity index (χ2n) is 6.97. The van der Waals surface area contributed by atoms with Crippen molar-refractivity contribution >= 4 is 5.91 Å². The van der Waals surface area contributed by atoms with E-state index < -0.39 is 0 Å². The lowest BCUT2D eigenvalue weighted by atomic mass is 9.98. The van der Waals surface area contributed by atoms with Crippen LogP contribution in [0.3, 0.4) is 0 Å². The Hall–Kier alpha value is -0.570. The fraction of sp³-hybridized carbons (Fsp3) is 0.941. The number of nitrogens with one attached hydrogen (secondary N) is 1. The summed E-state index contributed by atoms with van der Waals surface area (Å²) >= 11 is 0. The van der Waals surface area contributed by atoms with Gasteiger partial charge in [-0.2, -0.15) is 0 Å². The summed E-state index contributed by atoms with van der Waals surface area (Å²) in [5.74, 6) is 1.63. The zero-order valence-corrected chi connectivity index (χ0v) is 13.7. The molecule has 1 aliphatic carbocycles. The van der Waals surface area contributed by atoms with Gasteiger partial charge in [0.1, 0.15) is 0 Å². The standard InChI is InChI=1S/C17H32N2O/c1-5-13(4)16-17(20)19(15(6-2)18-16)14-9-7-8-12(3)10-11-14/h12-16,18H,5-11H2,1-4H3. The Morgan fingerprint density at radius 3 is 2.65 bits per heavy atom. The maximum Gasteiger partial charge on any atom is 0.241 e. The monoisotopic (exact) mass is 280 g/mol. The lowest BCUT2D eigenvalue weighted by Gasteiger charge is -2.32. The second kappa shape index (κ2) is 6.93. The van der Waals surface area contributed by atoms with Crippen LogP contribution in [-0.4, -0.2) is 29.1 Å². The second-order valence-corrected chi connectivity index (χ2v) is 6.97. The Morgan fingerprint density at radius 1 is 1.25 bits per heavy atom. The third kappa shape index (κ3) is 3.19. The van der Waals surface area contributed by atoms with Gasteiger partial charge >= 0.3 is 0 Å². The first kappa shape index (κ1) is 15.8. The van der Waals surface area contributed by atoms with Gasteiger partial charge in [0.25, 0.3) is 0 Å². The normalized spacial score (nSPS) is 37.0. The molecule has 2 rings (SSSR count). The third-order valence-electron chi connectivity index (χ3n) is 5.45. The summed E-state index contributed by atoms with van der Waals surface area (Å²) in [6.07, 6.45) is 8.62. The van der Waals surface area contributed by atoms with E-state index in [0.717, 1.165) is 18.8 Å². The molecule has 1 N–H and O–H groups in total. The minimum absolute atomic E-state index is 0.0469. The van der Waals surface area contributed by atoms with E-state index >= 15 is 0 Å². The molecule has 0 aromatic rings. The Kier molecular flexibility index (Phi) is 5.48. The lowest BCUT2D eigenvalue weighted by molar-refractivity contribution is -0.133. The highest BCUT2D eigenvalue weighted by molar-refractivity contribution is 5.85. The van der Waals surface area contributed by atoms with Crippen LogP contribution in [0.5, 0.6) is 0 Å². The summed E-state index contributed by atoms with van der Waals surface area (Å²) in [4.78, 5) is 15.0. The van der Waals surface area contributed by atoms with E-state index in [9.17, 15) is 4.79 Å². The Morgan fingerprint density at radius 2 is 2.00 bits per heavy atom. The smallest absolute Gasteiger partial charge is 0.241 e. The Balaban J connectivity index is 2.10. The maximum atomic E-state index is 12.8. The molecule has 5 atom stereocenters. The average Bonchev–Trinajstić information content (AvgIpc) is 2.63. The average molecular weight is 280 g/mol. The van der Waals surface area contributed by atoms with Crippen LogP contribution >= 0.6 is 0 Å². The van der Waals surface area contributed by atoms with Gasteiger partial charge in [-0.25, -0.2) is 0 Å². The first-order valence-corrected chi connectivity index (χ1v) is 8.66. The largest absolute Gasteiger partial charge is 0.323 e. The first-order valence-electron chi connectivity index (χ1n) is 8.66. The van der Waals surface area contributed by atoms with Crippen molar-refractivity contribution in [2.45, 2.75) is 90.9 Å². The highest BCUT2D eigenvalue weighted by Gasteiger charge is 2.43. The molecule has 0 aromatic heterocycles. The lowest BCUT2D eigenvalue weighted by Crippen LogP contribution is -2.44. The third-order valence-corrected chi connectivity index (χ3v) is 5.45. The number of rotatable bonds is 4. The maximum absolute atomic E-state index is 12.8. The molecule has 1 heterocycles. The Labute approximate surface area is 124 Å². The van der Waals surface area contributed by atoms with Crippen LogP contribution in [0.1, 0.15) is 72.6 Å². The molecule has 1 saturated carbocycles. The van der Waals surface area contributed by atoms with E-state index in [1.165, 1.54) is 32.1 Å². The van der Waals surface area contributed by atoms with Crippen molar-refractivity contribution < 1.29 is 4.79 Å². The molecule has 20 heavy (non-hydrogen) atoms. The molecule has 0 radical (unpaired) electrons. The summed E-state index contributed by atoms with van der Waals surface area (Å²) in [7, 11) is 0. The first-order chi connectivity index (χ1) is 9.58. The number of hydrogen-bond acceptors (Lipinski definition) is 2. The van der Waals surface area contributed by atoms with Crippen LogP contribution in [0.25, 0.3) is 0 Å². The molecule has 0 aromatic carbocycles. The van der Waals surface area contributed by atoms with Crippen molar-refractivity contribution in [2.75, 3.05) is 0 Å². The molecule has 5 unspecified atom stereocenters. The van der Waals surface area contributed by atoms with Gasteiger partial charge in [0.15, 0.2) is 0 Å². The molecular weight excluding hydrogens is 248 g/mol. The van der Waals surface area contributed by atoms with Crippen LogP contribution in [-0.2, 0) is 4.79 Å². The number of amides is 1. The molecular formula is C17H32N2O. The predicted octanol–water partition coefficient (Wildman–Crippen LogP) is 3.54. The molecule has 2 fully saturated rings. The summed E-state index contributed by atoms with van der Waals surface area (Å²) in [5, 5.41) is 3.60. The van der Waals surface area contributed by atoms with Gasteiger partial charge in [0.2, 0.25) is 5.91 Å². The van der Waals surface area contributed by atoms with Crippen molar-refractivity contribution in [3.05, 3.63) is 0 Å². The van der Waals surface area contributed by atoms with Gasteiger partial charge in [-0.15, -0.1) is 0 Å². The van der Waals surface area contributed by atoms with Crippen molar-refractivity contribution in [3.63, 3.8) is 0 Å². The quantitative estimate of drug-likeness (QED) is 0.799. The van der Waals surface area contributed by atoms with Crippen LogP contribution in [0.2, 0.25) is 0 Å². The minimum Gasteiger partial charge on any atom is -0.323 e. The highest BCUT2D eigenvalue weighted by atomic mass is 16.2. The molecule has 3 heteroatoms. The molecule has 0 spiro atoms. The van der Waals surface area contributed by atoms with Gasteiger partial charge in [-0.05, 0) is 37.5 Å². The van der Waals surface area contributed by atoms with E-state index in [1.807, 2.05) is 0 Å². The summed E-state index contributed by atoms with van der Waals surface area (Å²) < 4.78 is 0. The molecule has 1 amide bonds. The zero-order chi connectivity index (χ0) is 14.7. The molecule has 3 nitrogen and oxygen atoms in total. The summed E-state index contributed by atoms with van der Waals surface area (Å²) in [6.45, 7) is 8.92. The van der Waals surface area contributed by atoms with Crippen molar-refractivity contribution in [3.8, 4) is 0 Å². The number of nitrogens with zero attached hydrogens (tertiary/aromatic N) is 1. The van der Waals surface area contributed by atoms with Gasteiger partial charge in [0, 0.05) is 6.04 Å². The van der Waals surface area contributed by atoms with Gasteiger partial charge in [-0.3, -0.25) is 10.1 Å². The molecule has 0 bridgehead atoms. The molecule has 1 aliphatic heterocycles. The SMILES string of the molecule is CCC(C)C1NC(CC)N(C2CCCC(C)CC2)C1=O. The van der Waals surface area contributed by atoms with Crippen molar-refractivity contribution in [1.82, 2.24) is 10.2 Å². The topological polar surface area (TPSA) is 32.3 Å². The van der Waals surface area contributed by atoms with E-state index in [4.69, 9.17) is 0 Å². The number of carbonyl (C=O) groups excluding carboxylic acids is 1. The fourth-order valence-electron chi connectivity index (χ4n) is 3.81. The zero-order valence-electron chi connectivity index (χ0n) is 13.7. The van der Waals surface area contributed by atoms with Gasteiger partial charge in [-0.1, -0.05) is 47.0 Å². The van der Waals surface area contributed by atoms with E-state index in [0.29, 0.717) is 17.9 Å². The number of carbonyl (C=O) groups is 1. The highest BCUT2D eigenvalue weighted by Crippen LogP contribution is 2.31. The van der Waals surface area contributed by atoms with Crippen LogP contribution in [0, 0.1) is 11.8 Å². The summed E-state index contributed by atoms with van der Waals surface area (Å²) in [5.41, 5.74) is 0. The van der Waals surface area contributed by atoms with Crippen LogP contribution in [0.15, 0.2) is 0 Å². The van der Waals surface area contributed by atoms with E-state index in [-0.39, 0.29) is 12.2 Å².